The Labute approximate surface area is 172 Å². The summed E-state index contributed by atoms with van der Waals surface area (Å²) in [5.41, 5.74) is 2.68. The molecule has 2 aromatic heterocycles. The summed E-state index contributed by atoms with van der Waals surface area (Å²) in [5, 5.41) is 13.1. The fourth-order valence-electron chi connectivity index (χ4n) is 3.40. The minimum Gasteiger partial charge on any atom is -0.352 e. The number of piperazine rings is 1. The Morgan fingerprint density at radius 2 is 1.64 bits per heavy atom. The lowest BCUT2D eigenvalue weighted by Crippen LogP contribution is -2.49. The number of halogens is 1. The largest absolute Gasteiger partial charge is 0.352 e. The van der Waals surface area contributed by atoms with Gasteiger partial charge in [0.15, 0.2) is 11.6 Å². The first-order valence-corrected chi connectivity index (χ1v) is 9.98. The van der Waals surface area contributed by atoms with E-state index in [2.05, 4.69) is 36.1 Å². The van der Waals surface area contributed by atoms with Gasteiger partial charge in [0.1, 0.15) is 0 Å². The van der Waals surface area contributed by atoms with E-state index in [-0.39, 0.29) is 5.91 Å². The lowest BCUT2D eigenvalue weighted by atomic mass is 10.2. The summed E-state index contributed by atoms with van der Waals surface area (Å²) in [7, 11) is 0. The monoisotopic (exact) mass is 440 g/mol. The van der Waals surface area contributed by atoms with E-state index >= 15 is 0 Å². The average Bonchev–Trinajstić information content (AvgIpc) is 3.06. The van der Waals surface area contributed by atoms with Gasteiger partial charge in [-0.05, 0) is 60.1 Å². The minimum atomic E-state index is 0.0538. The van der Waals surface area contributed by atoms with Crippen LogP contribution in [0.15, 0.2) is 46.9 Å². The third-order valence-corrected chi connectivity index (χ3v) is 5.55. The maximum atomic E-state index is 12.7. The maximum Gasteiger partial charge on any atom is 0.255 e. The van der Waals surface area contributed by atoms with Crippen LogP contribution in [0.3, 0.4) is 0 Å². The number of amides is 1. The van der Waals surface area contributed by atoms with Crippen LogP contribution in [-0.4, -0.2) is 57.0 Å². The van der Waals surface area contributed by atoms with Crippen LogP contribution >= 0.6 is 15.9 Å². The number of carbonyl (C=O) groups excluding carboxylic acids is 1. The average molecular weight is 441 g/mol. The van der Waals surface area contributed by atoms with Crippen LogP contribution in [0, 0.1) is 13.8 Å². The second kappa shape index (κ2) is 7.71. The van der Waals surface area contributed by atoms with Crippen LogP contribution in [-0.2, 0) is 0 Å². The molecule has 7 nitrogen and oxygen atoms in total. The van der Waals surface area contributed by atoms with Crippen molar-refractivity contribution in [3.05, 3.63) is 63.9 Å². The van der Waals surface area contributed by atoms with Gasteiger partial charge in [0.05, 0.1) is 11.3 Å². The molecule has 144 valence electrons. The van der Waals surface area contributed by atoms with E-state index in [1.807, 2.05) is 61.2 Å². The Morgan fingerprint density at radius 1 is 0.964 bits per heavy atom. The summed E-state index contributed by atoms with van der Waals surface area (Å²) >= 11 is 3.46. The molecule has 1 aliphatic heterocycles. The molecule has 1 aliphatic rings. The van der Waals surface area contributed by atoms with Crippen molar-refractivity contribution < 1.29 is 4.79 Å². The Hall–Kier alpha value is -2.74. The summed E-state index contributed by atoms with van der Waals surface area (Å²) in [6, 6.07) is 13.4. The summed E-state index contributed by atoms with van der Waals surface area (Å²) < 4.78 is 2.62. The molecule has 28 heavy (non-hydrogen) atoms. The van der Waals surface area contributed by atoms with E-state index in [0.717, 1.165) is 34.8 Å². The van der Waals surface area contributed by atoms with Gasteiger partial charge in [-0.2, -0.15) is 5.10 Å². The van der Waals surface area contributed by atoms with Crippen molar-refractivity contribution in [3.8, 4) is 5.82 Å². The van der Waals surface area contributed by atoms with Gasteiger partial charge < -0.3 is 9.80 Å². The molecule has 0 saturated carbocycles. The molecule has 0 radical (unpaired) electrons. The second-order valence-electron chi connectivity index (χ2n) is 6.85. The molecule has 0 unspecified atom stereocenters. The molecule has 1 fully saturated rings. The highest BCUT2D eigenvalue weighted by atomic mass is 79.9. The molecule has 3 heterocycles. The van der Waals surface area contributed by atoms with Gasteiger partial charge in [-0.3, -0.25) is 4.79 Å². The van der Waals surface area contributed by atoms with Gasteiger partial charge in [0.25, 0.3) is 5.91 Å². The van der Waals surface area contributed by atoms with E-state index < -0.39 is 0 Å². The number of benzene rings is 1. The number of anilines is 1. The van der Waals surface area contributed by atoms with Crippen LogP contribution in [0.4, 0.5) is 5.82 Å². The Kier molecular flexibility index (Phi) is 5.13. The second-order valence-corrected chi connectivity index (χ2v) is 7.70. The maximum absolute atomic E-state index is 12.7. The topological polar surface area (TPSA) is 67.2 Å². The first-order chi connectivity index (χ1) is 13.5. The van der Waals surface area contributed by atoms with Crippen molar-refractivity contribution in [1.29, 1.82) is 0 Å². The van der Waals surface area contributed by atoms with Crippen molar-refractivity contribution in [2.45, 2.75) is 13.8 Å². The van der Waals surface area contributed by atoms with E-state index in [0.29, 0.717) is 24.5 Å². The van der Waals surface area contributed by atoms with Crippen molar-refractivity contribution >= 4 is 27.7 Å². The van der Waals surface area contributed by atoms with E-state index in [1.165, 1.54) is 0 Å². The molecule has 8 heteroatoms. The van der Waals surface area contributed by atoms with Crippen LogP contribution in [0.5, 0.6) is 0 Å². The first-order valence-electron chi connectivity index (χ1n) is 9.19. The number of carbonyl (C=O) groups is 1. The number of nitrogens with zero attached hydrogens (tertiary/aromatic N) is 6. The molecular formula is C20H21BrN6O. The number of aromatic nitrogens is 4. The summed E-state index contributed by atoms with van der Waals surface area (Å²) in [4.78, 5) is 16.8. The highest BCUT2D eigenvalue weighted by Gasteiger charge is 2.24. The van der Waals surface area contributed by atoms with Crippen molar-refractivity contribution in [2.24, 2.45) is 0 Å². The van der Waals surface area contributed by atoms with Crippen LogP contribution < -0.4 is 4.90 Å². The molecule has 0 aliphatic carbocycles. The molecule has 0 N–H and O–H groups in total. The van der Waals surface area contributed by atoms with Crippen molar-refractivity contribution in [3.63, 3.8) is 0 Å². The van der Waals surface area contributed by atoms with Gasteiger partial charge in [0.2, 0.25) is 0 Å². The fourth-order valence-corrected chi connectivity index (χ4v) is 3.86. The SMILES string of the molecule is Cc1cc(C)n(-c2ccc(N3CCN(C(=O)c4ccccc4Br)CC3)nn2)n1. The molecular weight excluding hydrogens is 420 g/mol. The predicted molar refractivity (Wildman–Crippen MR) is 111 cm³/mol. The Bertz CT molecular complexity index is 992. The quantitative estimate of drug-likeness (QED) is 0.625. The molecule has 3 aromatic rings. The predicted octanol–water partition coefficient (Wildman–Crippen LogP) is 3.00. The minimum absolute atomic E-state index is 0.0538. The molecule has 4 rings (SSSR count). The highest BCUT2D eigenvalue weighted by molar-refractivity contribution is 9.10. The third-order valence-electron chi connectivity index (χ3n) is 4.86. The van der Waals surface area contributed by atoms with Gasteiger partial charge in [-0.25, -0.2) is 4.68 Å². The zero-order valence-electron chi connectivity index (χ0n) is 15.8. The van der Waals surface area contributed by atoms with Crippen LogP contribution in [0.25, 0.3) is 5.82 Å². The zero-order valence-corrected chi connectivity index (χ0v) is 17.4. The highest BCUT2D eigenvalue weighted by Crippen LogP contribution is 2.20. The lowest BCUT2D eigenvalue weighted by molar-refractivity contribution is 0.0745. The molecule has 1 amide bonds. The van der Waals surface area contributed by atoms with E-state index in [9.17, 15) is 4.79 Å². The van der Waals surface area contributed by atoms with Gasteiger partial charge in [-0.1, -0.05) is 12.1 Å². The van der Waals surface area contributed by atoms with Crippen LogP contribution in [0.2, 0.25) is 0 Å². The Morgan fingerprint density at radius 3 is 2.25 bits per heavy atom. The lowest BCUT2D eigenvalue weighted by Gasteiger charge is -2.35. The first kappa shape index (κ1) is 18.6. The number of hydrogen-bond acceptors (Lipinski definition) is 5. The normalized spacial score (nSPS) is 14.4. The molecule has 0 spiro atoms. The van der Waals surface area contributed by atoms with E-state index in [4.69, 9.17) is 0 Å². The standard InChI is InChI=1S/C20H21BrN6O/c1-14-13-15(2)27(24-14)19-8-7-18(22-23-19)25-9-11-26(12-10-25)20(28)16-5-3-4-6-17(16)21/h3-8,13H,9-12H2,1-2H3. The molecule has 0 atom stereocenters. The molecule has 1 saturated heterocycles. The van der Waals surface area contributed by atoms with Crippen LogP contribution in [0.1, 0.15) is 21.7 Å². The summed E-state index contributed by atoms with van der Waals surface area (Å²) in [6.07, 6.45) is 0. The summed E-state index contributed by atoms with van der Waals surface area (Å²) in [5.74, 6) is 1.58. The fraction of sp³-hybridized carbons (Fsp3) is 0.300. The van der Waals surface area contributed by atoms with Crippen molar-refractivity contribution in [2.75, 3.05) is 31.1 Å². The van der Waals surface area contributed by atoms with E-state index in [1.54, 1.807) is 4.68 Å². The zero-order chi connectivity index (χ0) is 19.7. The summed E-state index contributed by atoms with van der Waals surface area (Å²) in [6.45, 7) is 6.72. The number of rotatable bonds is 3. The number of aryl methyl sites for hydroxylation is 2. The third kappa shape index (κ3) is 3.64. The van der Waals surface area contributed by atoms with Gasteiger partial charge in [-0.15, -0.1) is 10.2 Å². The molecule has 0 bridgehead atoms. The number of hydrogen-bond donors (Lipinski definition) is 0. The van der Waals surface area contributed by atoms with Gasteiger partial charge in [0, 0.05) is 36.3 Å². The molecule has 1 aromatic carbocycles. The van der Waals surface area contributed by atoms with Gasteiger partial charge >= 0.3 is 0 Å². The Balaban J connectivity index is 1.42. The van der Waals surface area contributed by atoms with Crippen molar-refractivity contribution in [1.82, 2.24) is 24.9 Å². The smallest absolute Gasteiger partial charge is 0.255 e.